The zero-order chi connectivity index (χ0) is 23.6. The maximum absolute atomic E-state index is 4.80. The summed E-state index contributed by atoms with van der Waals surface area (Å²) in [5.41, 5.74) is 7.97. The number of aromatic nitrogens is 3. The number of anilines is 3. The minimum Gasteiger partial charge on any atom is -0.311 e. The van der Waals surface area contributed by atoms with Gasteiger partial charge in [-0.1, -0.05) is 49.5 Å². The smallest absolute Gasteiger partial charge is 0.117 e. The number of hydrogen-bond acceptors (Lipinski definition) is 3. The number of nitrogens with zero attached hydrogens (tertiary/aromatic N) is 4. The highest BCUT2D eigenvalue weighted by Crippen LogP contribution is 2.40. The van der Waals surface area contributed by atoms with Crippen LogP contribution >= 0.6 is 0 Å². The fourth-order valence-corrected chi connectivity index (χ4v) is 8.66. The molecule has 0 radical (unpaired) electrons. The van der Waals surface area contributed by atoms with Gasteiger partial charge in [-0.25, -0.2) is 0 Å². The first kappa shape index (κ1) is 20.2. The molecule has 4 nitrogen and oxygen atoms in total. The van der Waals surface area contributed by atoms with Crippen molar-refractivity contribution in [2.24, 2.45) is 0 Å². The minimum atomic E-state index is -1.81. The van der Waals surface area contributed by atoms with Gasteiger partial charge in [-0.15, -0.1) is 0 Å². The molecule has 35 heavy (non-hydrogen) atoms. The van der Waals surface area contributed by atoms with Crippen molar-refractivity contribution < 1.29 is 0 Å². The molecule has 0 atom stereocenters. The van der Waals surface area contributed by atoms with E-state index >= 15 is 0 Å². The lowest BCUT2D eigenvalue weighted by molar-refractivity contribution is 1.14. The Morgan fingerprint density at radius 3 is 2.09 bits per heavy atom. The predicted octanol–water partition coefficient (Wildman–Crippen LogP) is 6.18. The summed E-state index contributed by atoms with van der Waals surface area (Å²) in [4.78, 5) is 11.6. The van der Waals surface area contributed by atoms with Crippen LogP contribution in [0.25, 0.3) is 27.6 Å². The molecule has 0 aliphatic carbocycles. The Kier molecular flexibility index (Phi) is 4.26. The van der Waals surface area contributed by atoms with Crippen LogP contribution in [0, 0.1) is 0 Å². The van der Waals surface area contributed by atoms with Gasteiger partial charge in [-0.05, 0) is 65.0 Å². The molecular weight excluding hydrogens is 444 g/mol. The average molecular weight is 469 g/mol. The summed E-state index contributed by atoms with van der Waals surface area (Å²) in [5.74, 6) is 0. The molecule has 6 aromatic rings. The Hall–Kier alpha value is -4.22. The molecule has 0 N–H and O–H groups in total. The van der Waals surface area contributed by atoms with Gasteiger partial charge in [0.15, 0.2) is 0 Å². The quantitative estimate of drug-likeness (QED) is 0.285. The summed E-state index contributed by atoms with van der Waals surface area (Å²) >= 11 is 0. The lowest BCUT2D eigenvalue weighted by atomic mass is 10.1. The Labute approximate surface area is 205 Å². The fraction of sp³-hybridized carbons (Fsp3) is 0.0667. The fourth-order valence-electron chi connectivity index (χ4n) is 5.67. The molecule has 1 aliphatic rings. The largest absolute Gasteiger partial charge is 0.311 e. The molecule has 3 aromatic heterocycles. The summed E-state index contributed by atoms with van der Waals surface area (Å²) < 4.78 is 2.25. The van der Waals surface area contributed by atoms with Crippen LogP contribution in [0.3, 0.4) is 0 Å². The van der Waals surface area contributed by atoms with Gasteiger partial charge in [0, 0.05) is 34.8 Å². The molecule has 3 aromatic carbocycles. The van der Waals surface area contributed by atoms with Crippen LogP contribution in [0.2, 0.25) is 13.1 Å². The second kappa shape index (κ2) is 7.39. The molecule has 0 amide bonds. The molecule has 0 fully saturated rings. The monoisotopic (exact) mass is 468 g/mol. The first-order valence-electron chi connectivity index (χ1n) is 11.9. The summed E-state index contributed by atoms with van der Waals surface area (Å²) in [6, 6.07) is 32.8. The van der Waals surface area contributed by atoms with Crippen LogP contribution in [0.4, 0.5) is 17.1 Å². The van der Waals surface area contributed by atoms with Crippen molar-refractivity contribution in [3.63, 3.8) is 0 Å². The van der Waals surface area contributed by atoms with Gasteiger partial charge in [0.25, 0.3) is 0 Å². The molecule has 0 spiro atoms. The van der Waals surface area contributed by atoms with E-state index in [2.05, 4.69) is 106 Å². The molecule has 0 unspecified atom stereocenters. The van der Waals surface area contributed by atoms with E-state index in [4.69, 9.17) is 4.98 Å². The van der Waals surface area contributed by atoms with Gasteiger partial charge in [0.1, 0.15) is 8.07 Å². The van der Waals surface area contributed by atoms with Crippen molar-refractivity contribution in [3.05, 3.63) is 110 Å². The predicted molar refractivity (Wildman–Crippen MR) is 148 cm³/mol. The molecule has 7 rings (SSSR count). The van der Waals surface area contributed by atoms with E-state index in [0.29, 0.717) is 0 Å². The third-order valence-electron chi connectivity index (χ3n) is 7.30. The molecular formula is C30H24N4Si. The Morgan fingerprint density at radius 2 is 1.37 bits per heavy atom. The molecule has 1 aliphatic heterocycles. The second-order valence-electron chi connectivity index (χ2n) is 9.61. The molecule has 0 bridgehead atoms. The minimum absolute atomic E-state index is 1.00. The lowest BCUT2D eigenvalue weighted by Crippen LogP contribution is -2.58. The van der Waals surface area contributed by atoms with Crippen LogP contribution in [0.5, 0.6) is 0 Å². The maximum atomic E-state index is 4.80. The Balaban J connectivity index is 1.52. The van der Waals surface area contributed by atoms with Crippen molar-refractivity contribution in [1.29, 1.82) is 0 Å². The Bertz CT molecular complexity index is 1690. The van der Waals surface area contributed by atoms with E-state index in [1.165, 1.54) is 21.7 Å². The van der Waals surface area contributed by atoms with Crippen LogP contribution in [0.1, 0.15) is 0 Å². The number of rotatable bonds is 2. The molecule has 168 valence electrons. The van der Waals surface area contributed by atoms with Crippen molar-refractivity contribution in [2.75, 3.05) is 4.90 Å². The van der Waals surface area contributed by atoms with Crippen LogP contribution in [0.15, 0.2) is 110 Å². The van der Waals surface area contributed by atoms with Crippen LogP contribution in [-0.2, 0) is 0 Å². The molecule has 0 saturated heterocycles. The normalized spacial score (nSPS) is 14.2. The maximum Gasteiger partial charge on any atom is 0.117 e. The highest BCUT2D eigenvalue weighted by molar-refractivity contribution is 7.02. The van der Waals surface area contributed by atoms with Crippen molar-refractivity contribution in [1.82, 2.24) is 14.5 Å². The number of fused-ring (bicyclic) bond motifs is 5. The van der Waals surface area contributed by atoms with Gasteiger partial charge in [0.2, 0.25) is 0 Å². The third-order valence-corrected chi connectivity index (χ3v) is 10.8. The zero-order valence-electron chi connectivity index (χ0n) is 19.7. The highest BCUT2D eigenvalue weighted by Gasteiger charge is 2.38. The third kappa shape index (κ3) is 2.85. The number of pyridine rings is 2. The average Bonchev–Trinajstić information content (AvgIpc) is 3.23. The first-order chi connectivity index (χ1) is 17.1. The van der Waals surface area contributed by atoms with Crippen molar-refractivity contribution in [3.8, 4) is 5.69 Å². The van der Waals surface area contributed by atoms with E-state index in [1.54, 1.807) is 0 Å². The number of hydrogen-bond donors (Lipinski definition) is 0. The standard InChI is InChI=1S/C30H24N4Si/c1-35(2)28-13-5-3-10-25(28)33(26-11-4-6-14-29(26)35)21-15-16-24-23(19-21)30-27(12-8-18-32-30)34(24)22-9-7-17-31-20-22/h3-20H,1-2H3. The van der Waals surface area contributed by atoms with Gasteiger partial charge >= 0.3 is 0 Å². The van der Waals surface area contributed by atoms with Gasteiger partial charge < -0.3 is 9.47 Å². The summed E-state index contributed by atoms with van der Waals surface area (Å²) in [6.07, 6.45) is 5.59. The molecule has 4 heterocycles. The van der Waals surface area contributed by atoms with Crippen LogP contribution < -0.4 is 15.3 Å². The topological polar surface area (TPSA) is 34.0 Å². The number of para-hydroxylation sites is 2. The van der Waals surface area contributed by atoms with E-state index in [1.807, 2.05) is 30.7 Å². The second-order valence-corrected chi connectivity index (χ2v) is 13.9. The summed E-state index contributed by atoms with van der Waals surface area (Å²) in [6.45, 7) is 4.91. The van der Waals surface area contributed by atoms with Crippen LogP contribution in [-0.4, -0.2) is 22.6 Å². The van der Waals surface area contributed by atoms with E-state index in [9.17, 15) is 0 Å². The van der Waals surface area contributed by atoms with Crippen molar-refractivity contribution in [2.45, 2.75) is 13.1 Å². The van der Waals surface area contributed by atoms with E-state index in [-0.39, 0.29) is 0 Å². The van der Waals surface area contributed by atoms with Gasteiger partial charge in [-0.2, -0.15) is 0 Å². The first-order valence-corrected chi connectivity index (χ1v) is 14.9. The van der Waals surface area contributed by atoms with Crippen molar-refractivity contribution >= 4 is 57.4 Å². The van der Waals surface area contributed by atoms with Gasteiger partial charge in [-0.3, -0.25) is 9.97 Å². The Morgan fingerprint density at radius 1 is 0.657 bits per heavy atom. The van der Waals surface area contributed by atoms with Gasteiger partial charge in [0.05, 0.1) is 28.4 Å². The molecule has 0 saturated carbocycles. The summed E-state index contributed by atoms with van der Waals surface area (Å²) in [5, 5.41) is 4.07. The lowest BCUT2D eigenvalue weighted by Gasteiger charge is -2.41. The highest BCUT2D eigenvalue weighted by atomic mass is 28.3. The summed E-state index contributed by atoms with van der Waals surface area (Å²) in [7, 11) is -1.81. The number of benzene rings is 3. The molecule has 5 heteroatoms. The van der Waals surface area contributed by atoms with E-state index in [0.717, 1.165) is 33.3 Å². The zero-order valence-corrected chi connectivity index (χ0v) is 20.7. The SMILES string of the molecule is C[Si]1(C)c2ccccc2N(c2ccc3c(c2)c2ncccc2n3-c2cccnc2)c2ccccc21. The van der Waals surface area contributed by atoms with E-state index < -0.39 is 8.07 Å².